The van der Waals surface area contributed by atoms with Crippen LogP contribution in [0.5, 0.6) is 0 Å². The Bertz CT molecular complexity index is 698. The van der Waals surface area contributed by atoms with Gasteiger partial charge in [-0.15, -0.1) is 11.3 Å². The van der Waals surface area contributed by atoms with Crippen molar-refractivity contribution in [1.29, 1.82) is 0 Å². The van der Waals surface area contributed by atoms with Crippen molar-refractivity contribution in [3.63, 3.8) is 0 Å². The molecule has 2 aromatic rings. The number of aromatic nitrogens is 1. The number of hydrogen-bond acceptors (Lipinski definition) is 5. The van der Waals surface area contributed by atoms with Crippen LogP contribution in [0.4, 0.5) is 5.13 Å². The summed E-state index contributed by atoms with van der Waals surface area (Å²) in [6.45, 7) is 4.58. The van der Waals surface area contributed by atoms with Crippen LogP contribution in [0.2, 0.25) is 0 Å². The standard InChI is InChI=1S/C16H19N3O2S/c1-9-3-4-12(10(2)5-9)14-8-22-16(18-14)19-15(21)13-6-11(20)7-17-13/h3-5,8,11,13,17,20H,6-7H2,1-2H3,(H,18,19,21)/t11-,13+/m1/s1. The Morgan fingerprint density at radius 1 is 1.45 bits per heavy atom. The van der Waals surface area contributed by atoms with E-state index in [1.165, 1.54) is 22.5 Å². The van der Waals surface area contributed by atoms with Crippen molar-refractivity contribution in [1.82, 2.24) is 10.3 Å². The first-order valence-electron chi connectivity index (χ1n) is 7.28. The van der Waals surface area contributed by atoms with E-state index in [1.54, 1.807) is 0 Å². The number of aliphatic hydroxyl groups excluding tert-OH is 1. The first kappa shape index (κ1) is 15.1. The fourth-order valence-electron chi connectivity index (χ4n) is 2.67. The fraction of sp³-hybridized carbons (Fsp3) is 0.375. The van der Waals surface area contributed by atoms with E-state index in [0.29, 0.717) is 18.1 Å². The molecule has 22 heavy (non-hydrogen) atoms. The Kier molecular flexibility index (Phi) is 4.24. The summed E-state index contributed by atoms with van der Waals surface area (Å²) in [6.07, 6.45) is -0.000897. The Hall–Kier alpha value is -1.76. The summed E-state index contributed by atoms with van der Waals surface area (Å²) in [6, 6.07) is 5.89. The maximum Gasteiger partial charge on any atom is 0.243 e. The highest BCUT2D eigenvalue weighted by Gasteiger charge is 2.28. The van der Waals surface area contributed by atoms with Crippen LogP contribution in [0.25, 0.3) is 11.3 Å². The molecule has 116 valence electrons. The van der Waals surface area contributed by atoms with E-state index in [-0.39, 0.29) is 11.9 Å². The number of benzene rings is 1. The van der Waals surface area contributed by atoms with Gasteiger partial charge in [0.2, 0.25) is 5.91 Å². The lowest BCUT2D eigenvalue weighted by Crippen LogP contribution is -2.35. The number of rotatable bonds is 3. The van der Waals surface area contributed by atoms with Gasteiger partial charge in [-0.25, -0.2) is 4.98 Å². The zero-order chi connectivity index (χ0) is 15.7. The highest BCUT2D eigenvalue weighted by Crippen LogP contribution is 2.28. The van der Waals surface area contributed by atoms with Crippen LogP contribution in [0.15, 0.2) is 23.6 Å². The molecule has 1 aromatic carbocycles. The first-order chi connectivity index (χ1) is 10.5. The van der Waals surface area contributed by atoms with Gasteiger partial charge >= 0.3 is 0 Å². The number of aliphatic hydroxyl groups is 1. The normalized spacial score (nSPS) is 21.0. The first-order valence-corrected chi connectivity index (χ1v) is 8.16. The van der Waals surface area contributed by atoms with E-state index in [1.807, 2.05) is 5.38 Å². The van der Waals surface area contributed by atoms with Gasteiger partial charge in [0.1, 0.15) is 0 Å². The Morgan fingerprint density at radius 2 is 2.27 bits per heavy atom. The van der Waals surface area contributed by atoms with E-state index < -0.39 is 6.10 Å². The number of thiazole rings is 1. The second-order valence-corrected chi connectivity index (χ2v) is 6.55. The van der Waals surface area contributed by atoms with Gasteiger partial charge in [-0.3, -0.25) is 4.79 Å². The van der Waals surface area contributed by atoms with Gasteiger partial charge in [0, 0.05) is 17.5 Å². The van der Waals surface area contributed by atoms with Crippen LogP contribution in [-0.4, -0.2) is 34.7 Å². The van der Waals surface area contributed by atoms with Crippen molar-refractivity contribution in [2.45, 2.75) is 32.4 Å². The molecule has 2 heterocycles. The zero-order valence-electron chi connectivity index (χ0n) is 12.6. The SMILES string of the molecule is Cc1ccc(-c2csc(NC(=O)[C@@H]3C[C@@H](O)CN3)n2)c(C)c1. The molecular weight excluding hydrogens is 298 g/mol. The van der Waals surface area contributed by atoms with E-state index >= 15 is 0 Å². The summed E-state index contributed by atoms with van der Waals surface area (Å²) >= 11 is 1.41. The van der Waals surface area contributed by atoms with Gasteiger partial charge in [-0.05, 0) is 25.8 Å². The van der Waals surface area contributed by atoms with Crippen molar-refractivity contribution >= 4 is 22.4 Å². The molecule has 0 bridgehead atoms. The molecule has 0 spiro atoms. The second kappa shape index (κ2) is 6.16. The van der Waals surface area contributed by atoms with Gasteiger partial charge in [-0.1, -0.05) is 23.8 Å². The Morgan fingerprint density at radius 3 is 2.95 bits per heavy atom. The average molecular weight is 317 g/mol. The molecule has 0 radical (unpaired) electrons. The summed E-state index contributed by atoms with van der Waals surface area (Å²) in [4.78, 5) is 16.6. The number of nitrogens with zero attached hydrogens (tertiary/aromatic N) is 1. The Labute approximate surface area is 133 Å². The number of carbonyl (C=O) groups is 1. The third-order valence-corrected chi connectivity index (χ3v) is 4.57. The number of anilines is 1. The van der Waals surface area contributed by atoms with Crippen molar-refractivity contribution in [3.8, 4) is 11.3 Å². The molecular formula is C16H19N3O2S. The molecule has 0 aliphatic carbocycles. The number of β-amino-alcohol motifs (C(OH)–C–C–N with tert-alkyl or cyclic N) is 1. The highest BCUT2D eigenvalue weighted by atomic mass is 32.1. The number of carbonyl (C=O) groups excluding carboxylic acids is 1. The maximum atomic E-state index is 12.1. The molecule has 1 aromatic heterocycles. The topological polar surface area (TPSA) is 74.2 Å². The van der Waals surface area contributed by atoms with E-state index in [9.17, 15) is 9.90 Å². The third kappa shape index (κ3) is 3.19. The number of hydrogen-bond donors (Lipinski definition) is 3. The van der Waals surface area contributed by atoms with Crippen LogP contribution >= 0.6 is 11.3 Å². The molecule has 3 rings (SSSR count). The third-order valence-electron chi connectivity index (χ3n) is 3.82. The summed E-state index contributed by atoms with van der Waals surface area (Å²) in [5.41, 5.74) is 4.34. The van der Waals surface area contributed by atoms with Gasteiger partial charge in [0.15, 0.2) is 5.13 Å². The lowest BCUT2D eigenvalue weighted by Gasteiger charge is -2.08. The molecule has 1 amide bonds. The number of amides is 1. The quantitative estimate of drug-likeness (QED) is 0.810. The number of aryl methyl sites for hydroxylation is 2. The van der Waals surface area contributed by atoms with Crippen LogP contribution in [0.3, 0.4) is 0 Å². The van der Waals surface area contributed by atoms with Crippen LogP contribution in [-0.2, 0) is 4.79 Å². The smallest absolute Gasteiger partial charge is 0.243 e. The summed E-state index contributed by atoms with van der Waals surface area (Å²) in [5, 5.41) is 17.8. The molecule has 1 aliphatic rings. The van der Waals surface area contributed by atoms with Crippen LogP contribution in [0, 0.1) is 13.8 Å². The van der Waals surface area contributed by atoms with Crippen molar-refractivity contribution in [3.05, 3.63) is 34.7 Å². The molecule has 1 saturated heterocycles. The van der Waals surface area contributed by atoms with Crippen LogP contribution in [0.1, 0.15) is 17.5 Å². The lowest BCUT2D eigenvalue weighted by molar-refractivity contribution is -0.117. The zero-order valence-corrected chi connectivity index (χ0v) is 13.4. The fourth-order valence-corrected chi connectivity index (χ4v) is 3.38. The van der Waals surface area contributed by atoms with Gasteiger partial charge < -0.3 is 15.7 Å². The average Bonchev–Trinajstić information content (AvgIpc) is 3.08. The van der Waals surface area contributed by atoms with E-state index in [2.05, 4.69) is 47.7 Å². The predicted molar refractivity (Wildman–Crippen MR) is 88.1 cm³/mol. The second-order valence-electron chi connectivity index (χ2n) is 5.70. The number of nitrogens with one attached hydrogen (secondary N) is 2. The lowest BCUT2D eigenvalue weighted by atomic mass is 10.0. The molecule has 6 heteroatoms. The summed E-state index contributed by atoms with van der Waals surface area (Å²) in [7, 11) is 0. The van der Waals surface area contributed by atoms with E-state index in [0.717, 1.165) is 11.3 Å². The van der Waals surface area contributed by atoms with Crippen LogP contribution < -0.4 is 10.6 Å². The Balaban J connectivity index is 1.72. The van der Waals surface area contributed by atoms with Gasteiger partial charge in [-0.2, -0.15) is 0 Å². The minimum absolute atomic E-state index is 0.141. The molecule has 0 unspecified atom stereocenters. The molecule has 1 fully saturated rings. The molecule has 3 N–H and O–H groups in total. The van der Waals surface area contributed by atoms with Crippen molar-refractivity contribution < 1.29 is 9.90 Å². The summed E-state index contributed by atoms with van der Waals surface area (Å²) in [5.74, 6) is -0.141. The largest absolute Gasteiger partial charge is 0.392 e. The van der Waals surface area contributed by atoms with Crippen molar-refractivity contribution in [2.24, 2.45) is 0 Å². The van der Waals surface area contributed by atoms with Gasteiger partial charge in [0.25, 0.3) is 0 Å². The van der Waals surface area contributed by atoms with Crippen molar-refractivity contribution in [2.75, 3.05) is 11.9 Å². The maximum absolute atomic E-state index is 12.1. The predicted octanol–water partition coefficient (Wildman–Crippen LogP) is 2.09. The van der Waals surface area contributed by atoms with E-state index in [4.69, 9.17) is 0 Å². The molecule has 1 aliphatic heterocycles. The molecule has 2 atom stereocenters. The highest BCUT2D eigenvalue weighted by molar-refractivity contribution is 7.14. The van der Waals surface area contributed by atoms with Gasteiger partial charge in [0.05, 0.1) is 17.8 Å². The minimum atomic E-state index is -0.446. The molecule has 0 saturated carbocycles. The summed E-state index contributed by atoms with van der Waals surface area (Å²) < 4.78 is 0. The molecule has 5 nitrogen and oxygen atoms in total. The monoisotopic (exact) mass is 317 g/mol. The minimum Gasteiger partial charge on any atom is -0.392 e.